The van der Waals surface area contributed by atoms with E-state index in [0.29, 0.717) is 12.4 Å². The van der Waals surface area contributed by atoms with Crippen LogP contribution in [0.2, 0.25) is 0 Å². The lowest BCUT2D eigenvalue weighted by atomic mass is 10.2. The second kappa shape index (κ2) is 13.0. The summed E-state index contributed by atoms with van der Waals surface area (Å²) in [6.45, 7) is 5.30. The quantitative estimate of drug-likeness (QED) is 0.325. The third kappa shape index (κ3) is 9.16. The molecule has 33 heavy (non-hydrogen) atoms. The predicted octanol–water partition coefficient (Wildman–Crippen LogP) is 2.06. The van der Waals surface area contributed by atoms with Gasteiger partial charge in [0, 0.05) is 44.8 Å². The molecule has 0 saturated carbocycles. The maximum Gasteiger partial charge on any atom is 0.414 e. The summed E-state index contributed by atoms with van der Waals surface area (Å²) in [5.41, 5.74) is 8.26. The van der Waals surface area contributed by atoms with Crippen molar-refractivity contribution in [3.63, 3.8) is 0 Å². The highest BCUT2D eigenvalue weighted by atomic mass is 19.1. The molecule has 0 unspecified atom stereocenters. The smallest absolute Gasteiger partial charge is 0.414 e. The number of ether oxygens (including phenoxy) is 1. The summed E-state index contributed by atoms with van der Waals surface area (Å²) in [4.78, 5) is 27.4. The molecule has 1 heterocycles. The standard InChI is InChI=1S/C21H27FN4O.C2H2O4/c1-27-20-4-2-3-17(15-20)16-24-21(23)9-10-25-11-13-26(14-12-25)19-7-5-18(22)6-8-19;3-1(4)2(5)6/h2-8,15H,9-14,16H2,1H3,(H2,23,24);(H,3,4)(H,5,6). The minimum atomic E-state index is -1.82. The summed E-state index contributed by atoms with van der Waals surface area (Å²) in [7, 11) is 1.66. The van der Waals surface area contributed by atoms with Gasteiger partial charge in [0.15, 0.2) is 0 Å². The fourth-order valence-corrected chi connectivity index (χ4v) is 3.20. The summed E-state index contributed by atoms with van der Waals surface area (Å²) < 4.78 is 18.3. The minimum Gasteiger partial charge on any atom is -0.497 e. The predicted molar refractivity (Wildman–Crippen MR) is 123 cm³/mol. The molecule has 1 fully saturated rings. The number of carboxylic acid groups (broad SMARTS) is 2. The molecule has 0 radical (unpaired) electrons. The van der Waals surface area contributed by atoms with Gasteiger partial charge in [0.25, 0.3) is 0 Å². The number of piperazine rings is 1. The summed E-state index contributed by atoms with van der Waals surface area (Å²) in [5, 5.41) is 14.8. The Morgan fingerprint density at radius 2 is 1.70 bits per heavy atom. The molecule has 1 aliphatic rings. The first-order valence-electron chi connectivity index (χ1n) is 10.4. The molecule has 4 N–H and O–H groups in total. The van der Waals surface area contributed by atoms with Gasteiger partial charge < -0.3 is 25.6 Å². The van der Waals surface area contributed by atoms with E-state index < -0.39 is 11.9 Å². The Bertz CT molecular complexity index is 932. The van der Waals surface area contributed by atoms with Crippen molar-refractivity contribution in [1.82, 2.24) is 4.90 Å². The van der Waals surface area contributed by atoms with Crippen LogP contribution in [0.15, 0.2) is 53.5 Å². The van der Waals surface area contributed by atoms with Crippen molar-refractivity contribution in [2.24, 2.45) is 10.7 Å². The van der Waals surface area contributed by atoms with Crippen LogP contribution in [0.1, 0.15) is 12.0 Å². The Labute approximate surface area is 191 Å². The van der Waals surface area contributed by atoms with Gasteiger partial charge in [-0.15, -0.1) is 0 Å². The molecule has 3 rings (SSSR count). The van der Waals surface area contributed by atoms with E-state index in [2.05, 4.69) is 14.8 Å². The number of carbonyl (C=O) groups is 2. The minimum absolute atomic E-state index is 0.193. The van der Waals surface area contributed by atoms with Gasteiger partial charge in [0.1, 0.15) is 11.6 Å². The zero-order valence-electron chi connectivity index (χ0n) is 18.5. The molecule has 1 aliphatic heterocycles. The van der Waals surface area contributed by atoms with Gasteiger partial charge >= 0.3 is 11.9 Å². The summed E-state index contributed by atoms with van der Waals surface area (Å²) >= 11 is 0. The van der Waals surface area contributed by atoms with Gasteiger partial charge in [0.05, 0.1) is 19.5 Å². The maximum absolute atomic E-state index is 13.0. The fourth-order valence-electron chi connectivity index (χ4n) is 3.20. The van der Waals surface area contributed by atoms with E-state index in [1.54, 1.807) is 7.11 Å². The summed E-state index contributed by atoms with van der Waals surface area (Å²) in [6.07, 6.45) is 0.764. The molecule has 0 aromatic heterocycles. The molecule has 0 amide bonds. The third-order valence-corrected chi connectivity index (χ3v) is 5.03. The van der Waals surface area contributed by atoms with Gasteiger partial charge in [0.2, 0.25) is 0 Å². The number of aliphatic carboxylic acids is 2. The molecule has 2 aromatic rings. The number of nitrogens with zero attached hydrogens (tertiary/aromatic N) is 3. The van der Waals surface area contributed by atoms with E-state index in [0.717, 1.165) is 56.1 Å². The molecule has 9 nitrogen and oxygen atoms in total. The number of carboxylic acids is 2. The van der Waals surface area contributed by atoms with Crippen LogP contribution >= 0.6 is 0 Å². The van der Waals surface area contributed by atoms with E-state index in [4.69, 9.17) is 30.3 Å². The average molecular weight is 461 g/mol. The van der Waals surface area contributed by atoms with E-state index in [1.807, 2.05) is 36.4 Å². The number of methoxy groups -OCH3 is 1. The lowest BCUT2D eigenvalue weighted by molar-refractivity contribution is -0.159. The first-order chi connectivity index (χ1) is 15.8. The highest BCUT2D eigenvalue weighted by molar-refractivity contribution is 6.27. The number of aliphatic imine (C=N–C) groups is 1. The Morgan fingerprint density at radius 3 is 2.27 bits per heavy atom. The molecule has 1 saturated heterocycles. The maximum atomic E-state index is 13.0. The second-order valence-corrected chi connectivity index (χ2v) is 7.32. The van der Waals surface area contributed by atoms with Crippen LogP contribution in [0.3, 0.4) is 0 Å². The topological polar surface area (TPSA) is 129 Å². The highest BCUT2D eigenvalue weighted by Gasteiger charge is 2.17. The number of hydrogen-bond donors (Lipinski definition) is 3. The fraction of sp³-hybridized carbons (Fsp3) is 0.348. The van der Waals surface area contributed by atoms with Crippen LogP contribution in [0, 0.1) is 5.82 Å². The van der Waals surface area contributed by atoms with E-state index in [-0.39, 0.29) is 5.82 Å². The molecule has 0 bridgehead atoms. The Morgan fingerprint density at radius 1 is 1.06 bits per heavy atom. The molecule has 0 atom stereocenters. The highest BCUT2D eigenvalue weighted by Crippen LogP contribution is 2.17. The van der Waals surface area contributed by atoms with Crippen LogP contribution < -0.4 is 15.4 Å². The van der Waals surface area contributed by atoms with Crippen molar-refractivity contribution in [1.29, 1.82) is 0 Å². The average Bonchev–Trinajstić information content (AvgIpc) is 2.82. The monoisotopic (exact) mass is 460 g/mol. The number of anilines is 1. The first-order valence-corrected chi connectivity index (χ1v) is 10.4. The van der Waals surface area contributed by atoms with Crippen molar-refractivity contribution in [2.75, 3.05) is 44.7 Å². The normalized spacial score (nSPS) is 14.2. The number of rotatable bonds is 7. The summed E-state index contributed by atoms with van der Waals surface area (Å²) in [5.74, 6) is -2.33. The lowest BCUT2D eigenvalue weighted by Crippen LogP contribution is -2.47. The van der Waals surface area contributed by atoms with Crippen LogP contribution in [0.25, 0.3) is 0 Å². The zero-order chi connectivity index (χ0) is 24.2. The van der Waals surface area contributed by atoms with Gasteiger partial charge in [-0.2, -0.15) is 0 Å². The molecule has 178 valence electrons. The van der Waals surface area contributed by atoms with Crippen molar-refractivity contribution in [2.45, 2.75) is 13.0 Å². The zero-order valence-corrected chi connectivity index (χ0v) is 18.5. The van der Waals surface area contributed by atoms with E-state index in [1.165, 1.54) is 12.1 Å². The van der Waals surface area contributed by atoms with Crippen molar-refractivity contribution >= 4 is 23.5 Å². The third-order valence-electron chi connectivity index (χ3n) is 5.03. The van der Waals surface area contributed by atoms with Crippen molar-refractivity contribution in [3.8, 4) is 5.75 Å². The number of amidine groups is 1. The van der Waals surface area contributed by atoms with Crippen molar-refractivity contribution < 1.29 is 28.9 Å². The number of benzene rings is 2. The van der Waals surface area contributed by atoms with Gasteiger partial charge in [-0.05, 0) is 42.0 Å². The van der Waals surface area contributed by atoms with Crippen molar-refractivity contribution in [3.05, 3.63) is 59.9 Å². The Balaban J connectivity index is 0.000000569. The van der Waals surface area contributed by atoms with Crippen LogP contribution in [-0.4, -0.2) is 72.7 Å². The van der Waals surface area contributed by atoms with Gasteiger partial charge in [-0.1, -0.05) is 12.1 Å². The largest absolute Gasteiger partial charge is 0.497 e. The first kappa shape index (κ1) is 25.6. The Hall–Kier alpha value is -3.66. The van der Waals surface area contributed by atoms with Crippen LogP contribution in [0.4, 0.5) is 10.1 Å². The molecular formula is C23H29FN4O5. The van der Waals surface area contributed by atoms with Crippen LogP contribution in [0.5, 0.6) is 5.75 Å². The SMILES string of the molecule is COc1cccc(CN=C(N)CCN2CCN(c3ccc(F)cc3)CC2)c1.O=C(O)C(=O)O. The number of halogens is 1. The van der Waals surface area contributed by atoms with E-state index in [9.17, 15) is 4.39 Å². The summed E-state index contributed by atoms with van der Waals surface area (Å²) in [6, 6.07) is 14.6. The number of hydrogen-bond acceptors (Lipinski definition) is 6. The number of nitrogens with two attached hydrogens (primary N) is 1. The van der Waals surface area contributed by atoms with Crippen LogP contribution in [-0.2, 0) is 16.1 Å². The molecule has 2 aromatic carbocycles. The lowest BCUT2D eigenvalue weighted by Gasteiger charge is -2.36. The van der Waals surface area contributed by atoms with Gasteiger partial charge in [-0.3, -0.25) is 9.89 Å². The molecule has 10 heteroatoms. The molecule has 0 aliphatic carbocycles. The Kier molecular flexibility index (Phi) is 10.1. The molecular weight excluding hydrogens is 431 g/mol. The van der Waals surface area contributed by atoms with E-state index >= 15 is 0 Å². The molecule has 0 spiro atoms. The second-order valence-electron chi connectivity index (χ2n) is 7.32. The van der Waals surface area contributed by atoms with Gasteiger partial charge in [-0.25, -0.2) is 14.0 Å².